The minimum Gasteiger partial charge on any atom is -0.497 e. The highest BCUT2D eigenvalue weighted by atomic mass is 32.2. The molecule has 0 spiro atoms. The van der Waals surface area contributed by atoms with Crippen molar-refractivity contribution in [3.63, 3.8) is 0 Å². The molecule has 0 aliphatic carbocycles. The van der Waals surface area contributed by atoms with Crippen LogP contribution in [0.25, 0.3) is 0 Å². The topological polar surface area (TPSA) is 146 Å². The second-order valence-corrected chi connectivity index (χ2v) is 12.8. The lowest BCUT2D eigenvalue weighted by atomic mass is 9.93. The van der Waals surface area contributed by atoms with Crippen LogP contribution in [0.4, 0.5) is 8.78 Å². The number of nitrogens with one attached hydrogen (secondary N) is 3. The van der Waals surface area contributed by atoms with Crippen LogP contribution < -0.4 is 20.7 Å². The van der Waals surface area contributed by atoms with E-state index in [1.54, 1.807) is 24.3 Å². The van der Waals surface area contributed by atoms with Gasteiger partial charge in [-0.3, -0.25) is 14.5 Å². The van der Waals surface area contributed by atoms with E-state index in [2.05, 4.69) is 16.0 Å². The van der Waals surface area contributed by atoms with Crippen molar-refractivity contribution in [2.45, 2.75) is 55.4 Å². The molecule has 1 aromatic carbocycles. The van der Waals surface area contributed by atoms with Gasteiger partial charge in [-0.25, -0.2) is 8.42 Å². The molecule has 226 valence electrons. The molecule has 2 saturated heterocycles. The molecule has 0 radical (unpaired) electrons. The van der Waals surface area contributed by atoms with Crippen LogP contribution >= 0.6 is 0 Å². The Balaban J connectivity index is 1.55. The van der Waals surface area contributed by atoms with E-state index in [-0.39, 0.29) is 25.3 Å². The van der Waals surface area contributed by atoms with Crippen LogP contribution in [0.1, 0.15) is 25.8 Å². The Morgan fingerprint density at radius 3 is 2.48 bits per heavy atom. The van der Waals surface area contributed by atoms with Crippen LogP contribution in [0.15, 0.2) is 24.3 Å². The standard InChI is InChI=1S/C26H40F2N4O7S/c1-17(2)22(23(33)26(27,28)25(35)29-8-9-32-10-12-39-13-11-32)31-24(34)21-14-20(15-30-21)40(36,37)16-18-4-6-19(38-3)7-5-18/h4-7,17,20-23,30,33H,8-16H2,1-3H3,(H,29,35)(H,31,34)/t20?,21?,22-,23+/m0/s1. The Hall–Kier alpha value is -2.39. The minimum atomic E-state index is -4.17. The summed E-state index contributed by atoms with van der Waals surface area (Å²) < 4.78 is 66.1. The summed E-state index contributed by atoms with van der Waals surface area (Å²) >= 11 is 0. The number of rotatable bonds is 13. The zero-order valence-corrected chi connectivity index (χ0v) is 23.9. The number of hydrogen-bond donors (Lipinski definition) is 4. The van der Waals surface area contributed by atoms with Crippen molar-refractivity contribution in [1.82, 2.24) is 20.9 Å². The fourth-order valence-corrected chi connectivity index (χ4v) is 6.48. The minimum absolute atomic E-state index is 0.0210. The number of halogens is 2. The van der Waals surface area contributed by atoms with Crippen molar-refractivity contribution in [2.24, 2.45) is 5.92 Å². The van der Waals surface area contributed by atoms with Gasteiger partial charge in [-0.2, -0.15) is 8.78 Å². The summed E-state index contributed by atoms with van der Waals surface area (Å²) in [5, 5.41) is 17.1. The number of amides is 2. The van der Waals surface area contributed by atoms with Gasteiger partial charge in [-0.15, -0.1) is 0 Å². The van der Waals surface area contributed by atoms with Crippen LogP contribution in [-0.4, -0.2) is 113 Å². The molecule has 0 bridgehead atoms. The largest absolute Gasteiger partial charge is 0.497 e. The number of aliphatic hydroxyl groups is 1. The van der Waals surface area contributed by atoms with Crippen molar-refractivity contribution in [1.29, 1.82) is 0 Å². The fraction of sp³-hybridized carbons (Fsp3) is 0.692. The third kappa shape index (κ3) is 8.32. The molecule has 2 heterocycles. The van der Waals surface area contributed by atoms with Crippen molar-refractivity contribution in [2.75, 3.05) is 53.0 Å². The molecule has 2 unspecified atom stereocenters. The van der Waals surface area contributed by atoms with Gasteiger partial charge in [-0.1, -0.05) is 26.0 Å². The van der Waals surface area contributed by atoms with E-state index in [1.807, 2.05) is 4.90 Å². The normalized spacial score (nSPS) is 22.1. The van der Waals surface area contributed by atoms with Crippen LogP contribution in [0.2, 0.25) is 0 Å². The van der Waals surface area contributed by atoms with E-state index in [1.165, 1.54) is 21.0 Å². The summed E-state index contributed by atoms with van der Waals surface area (Å²) in [5.41, 5.74) is 0.571. The number of aliphatic hydroxyl groups excluding tert-OH is 1. The van der Waals surface area contributed by atoms with Crippen LogP contribution in [0, 0.1) is 5.92 Å². The average molecular weight is 591 g/mol. The van der Waals surface area contributed by atoms with Crippen molar-refractivity contribution in [3.8, 4) is 5.75 Å². The molecule has 4 atom stereocenters. The van der Waals surface area contributed by atoms with Crippen LogP contribution in [0.3, 0.4) is 0 Å². The second kappa shape index (κ2) is 14.0. The van der Waals surface area contributed by atoms with Gasteiger partial charge in [0.25, 0.3) is 5.91 Å². The number of hydrogen-bond acceptors (Lipinski definition) is 9. The number of methoxy groups -OCH3 is 1. The summed E-state index contributed by atoms with van der Waals surface area (Å²) in [6, 6.07) is 4.20. The Kier molecular flexibility index (Phi) is 11.2. The summed E-state index contributed by atoms with van der Waals surface area (Å²) in [5.74, 6) is -6.79. The monoisotopic (exact) mass is 590 g/mol. The Bertz CT molecular complexity index is 1100. The van der Waals surface area contributed by atoms with E-state index in [0.29, 0.717) is 44.2 Å². The summed E-state index contributed by atoms with van der Waals surface area (Å²) in [7, 11) is -2.12. The fourth-order valence-electron chi connectivity index (χ4n) is 4.75. The van der Waals surface area contributed by atoms with Gasteiger partial charge in [0.1, 0.15) is 11.9 Å². The lowest BCUT2D eigenvalue weighted by Gasteiger charge is -2.33. The van der Waals surface area contributed by atoms with Gasteiger partial charge in [0.15, 0.2) is 9.84 Å². The van der Waals surface area contributed by atoms with E-state index < -0.39 is 56.9 Å². The predicted molar refractivity (Wildman–Crippen MR) is 144 cm³/mol. The Morgan fingerprint density at radius 2 is 1.88 bits per heavy atom. The maximum absolute atomic E-state index is 14.9. The highest BCUT2D eigenvalue weighted by Gasteiger charge is 2.51. The first-order valence-corrected chi connectivity index (χ1v) is 15.1. The zero-order valence-electron chi connectivity index (χ0n) is 23.1. The summed E-state index contributed by atoms with van der Waals surface area (Å²) in [4.78, 5) is 27.2. The molecule has 0 saturated carbocycles. The van der Waals surface area contributed by atoms with Gasteiger partial charge in [0.05, 0.1) is 43.4 Å². The zero-order chi connectivity index (χ0) is 29.5. The lowest BCUT2D eigenvalue weighted by Crippen LogP contribution is -2.61. The molecule has 1 aromatic rings. The number of benzene rings is 1. The maximum atomic E-state index is 14.9. The Morgan fingerprint density at radius 1 is 1.23 bits per heavy atom. The number of nitrogens with zero attached hydrogens (tertiary/aromatic N) is 1. The maximum Gasteiger partial charge on any atom is 0.351 e. The van der Waals surface area contributed by atoms with Crippen LogP contribution in [0.5, 0.6) is 5.75 Å². The number of carbonyl (C=O) groups excluding carboxylic acids is 2. The molecule has 2 aliphatic rings. The summed E-state index contributed by atoms with van der Waals surface area (Å²) in [6.07, 6.45) is -2.54. The first-order valence-electron chi connectivity index (χ1n) is 13.4. The first kappa shape index (κ1) is 32.1. The molecule has 11 nitrogen and oxygen atoms in total. The smallest absolute Gasteiger partial charge is 0.351 e. The third-order valence-corrected chi connectivity index (χ3v) is 9.41. The number of alkyl halides is 2. The van der Waals surface area contributed by atoms with Crippen molar-refractivity contribution >= 4 is 21.7 Å². The summed E-state index contributed by atoms with van der Waals surface area (Å²) in [6.45, 7) is 5.75. The molecule has 4 N–H and O–H groups in total. The SMILES string of the molecule is COc1ccc(CS(=O)(=O)C2CNC(C(=O)N[C@@H](C(C)C)[C@@H](O)C(F)(F)C(=O)NCCN3CCOCC3)C2)cc1. The molecule has 0 aromatic heterocycles. The first-order chi connectivity index (χ1) is 18.8. The van der Waals surface area contributed by atoms with E-state index in [9.17, 15) is 31.9 Å². The molecular weight excluding hydrogens is 550 g/mol. The Labute approximate surface area is 233 Å². The van der Waals surface area contributed by atoms with E-state index in [0.717, 1.165) is 0 Å². The number of carbonyl (C=O) groups is 2. The third-order valence-electron chi connectivity index (χ3n) is 7.30. The van der Waals surface area contributed by atoms with E-state index >= 15 is 0 Å². The molecule has 2 amide bonds. The number of ether oxygens (including phenoxy) is 2. The number of sulfone groups is 1. The highest BCUT2D eigenvalue weighted by molar-refractivity contribution is 7.91. The lowest BCUT2D eigenvalue weighted by molar-refractivity contribution is -0.169. The number of morpholine rings is 1. The van der Waals surface area contributed by atoms with Crippen molar-refractivity contribution in [3.05, 3.63) is 29.8 Å². The highest BCUT2D eigenvalue weighted by Crippen LogP contribution is 2.26. The van der Waals surface area contributed by atoms with Gasteiger partial charge < -0.3 is 30.5 Å². The molecule has 14 heteroatoms. The quantitative estimate of drug-likeness (QED) is 0.248. The second-order valence-electron chi connectivity index (χ2n) is 10.5. The molecule has 2 fully saturated rings. The van der Waals surface area contributed by atoms with Crippen molar-refractivity contribution < 1.29 is 41.4 Å². The average Bonchev–Trinajstić information content (AvgIpc) is 3.43. The molecular formula is C26H40F2N4O7S. The molecule has 2 aliphatic heterocycles. The van der Waals surface area contributed by atoms with E-state index in [4.69, 9.17) is 9.47 Å². The van der Waals surface area contributed by atoms with Crippen LogP contribution in [-0.2, 0) is 29.9 Å². The van der Waals surface area contributed by atoms with Gasteiger partial charge in [0, 0.05) is 32.7 Å². The van der Waals surface area contributed by atoms with Gasteiger partial charge >= 0.3 is 5.92 Å². The predicted octanol–water partition coefficient (Wildman–Crippen LogP) is -0.0741. The van der Waals surface area contributed by atoms with Gasteiger partial charge in [-0.05, 0) is 30.0 Å². The van der Waals surface area contributed by atoms with Gasteiger partial charge in [0.2, 0.25) is 5.91 Å². The molecule has 3 rings (SSSR count). The molecule has 40 heavy (non-hydrogen) atoms.